The van der Waals surface area contributed by atoms with Gasteiger partial charge in [0.05, 0.1) is 19.1 Å². The van der Waals surface area contributed by atoms with Crippen molar-refractivity contribution in [2.24, 2.45) is 5.73 Å². The molecule has 18 heavy (non-hydrogen) atoms. The Bertz CT molecular complexity index is 420. The number of halogens is 1. The first-order chi connectivity index (χ1) is 8.52. The van der Waals surface area contributed by atoms with Crippen LogP contribution in [0.3, 0.4) is 0 Å². The summed E-state index contributed by atoms with van der Waals surface area (Å²) >= 11 is 5.78. The van der Waals surface area contributed by atoms with Gasteiger partial charge in [0.25, 0.3) is 0 Å². The SMILES string of the molecule is C[C@@H](NC(=O)CNC(=O)CN)c1ccc(Cl)cc1. The maximum atomic E-state index is 11.5. The first kappa shape index (κ1) is 14.5. The van der Waals surface area contributed by atoms with Crippen LogP contribution in [0.5, 0.6) is 0 Å². The second kappa shape index (κ2) is 6.98. The van der Waals surface area contributed by atoms with Crippen molar-refractivity contribution >= 4 is 23.4 Å². The fourth-order valence-electron chi connectivity index (χ4n) is 1.38. The zero-order chi connectivity index (χ0) is 13.5. The van der Waals surface area contributed by atoms with Crippen molar-refractivity contribution in [1.82, 2.24) is 10.6 Å². The van der Waals surface area contributed by atoms with Crippen molar-refractivity contribution < 1.29 is 9.59 Å². The molecule has 0 aliphatic carbocycles. The van der Waals surface area contributed by atoms with Gasteiger partial charge in [-0.05, 0) is 24.6 Å². The van der Waals surface area contributed by atoms with Gasteiger partial charge in [-0.15, -0.1) is 0 Å². The molecule has 5 nitrogen and oxygen atoms in total. The molecule has 6 heteroatoms. The highest BCUT2D eigenvalue weighted by Crippen LogP contribution is 2.15. The molecule has 0 heterocycles. The van der Waals surface area contributed by atoms with Crippen LogP contribution in [0, 0.1) is 0 Å². The van der Waals surface area contributed by atoms with Crippen LogP contribution in [-0.4, -0.2) is 24.9 Å². The van der Waals surface area contributed by atoms with E-state index < -0.39 is 0 Å². The molecule has 0 aliphatic heterocycles. The van der Waals surface area contributed by atoms with Crippen molar-refractivity contribution in [2.75, 3.05) is 13.1 Å². The Morgan fingerprint density at radius 2 is 1.89 bits per heavy atom. The van der Waals surface area contributed by atoms with E-state index in [1.165, 1.54) is 0 Å². The van der Waals surface area contributed by atoms with Crippen molar-refractivity contribution in [1.29, 1.82) is 0 Å². The van der Waals surface area contributed by atoms with E-state index in [4.69, 9.17) is 17.3 Å². The Labute approximate surface area is 111 Å². The molecular formula is C12H16ClN3O2. The molecule has 0 fully saturated rings. The lowest BCUT2D eigenvalue weighted by Gasteiger charge is -2.14. The minimum absolute atomic E-state index is 0.0754. The zero-order valence-electron chi connectivity index (χ0n) is 10.1. The van der Waals surface area contributed by atoms with Gasteiger partial charge < -0.3 is 16.4 Å². The molecule has 0 aromatic heterocycles. The first-order valence-corrected chi connectivity index (χ1v) is 5.92. The lowest BCUT2D eigenvalue weighted by molar-refractivity contribution is -0.125. The minimum Gasteiger partial charge on any atom is -0.348 e. The van der Waals surface area contributed by atoms with Crippen LogP contribution in [0.4, 0.5) is 0 Å². The fourth-order valence-corrected chi connectivity index (χ4v) is 1.50. The molecule has 1 aromatic rings. The number of carbonyl (C=O) groups excluding carboxylic acids is 2. The molecule has 0 saturated carbocycles. The van der Waals surface area contributed by atoms with Gasteiger partial charge >= 0.3 is 0 Å². The number of hydrogen-bond donors (Lipinski definition) is 3. The van der Waals surface area contributed by atoms with Crippen LogP contribution in [0.2, 0.25) is 5.02 Å². The van der Waals surface area contributed by atoms with Gasteiger partial charge in [0.2, 0.25) is 11.8 Å². The lowest BCUT2D eigenvalue weighted by Crippen LogP contribution is -2.40. The molecule has 1 rings (SSSR count). The van der Waals surface area contributed by atoms with E-state index in [-0.39, 0.29) is 30.9 Å². The Kier molecular flexibility index (Phi) is 5.61. The van der Waals surface area contributed by atoms with E-state index in [0.717, 1.165) is 5.56 Å². The van der Waals surface area contributed by atoms with Crippen molar-refractivity contribution in [3.63, 3.8) is 0 Å². The number of amides is 2. The molecule has 2 amide bonds. The summed E-state index contributed by atoms with van der Waals surface area (Å²) in [7, 11) is 0. The summed E-state index contributed by atoms with van der Waals surface area (Å²) in [6.45, 7) is 1.65. The highest BCUT2D eigenvalue weighted by molar-refractivity contribution is 6.30. The third kappa shape index (κ3) is 4.73. The number of benzene rings is 1. The largest absolute Gasteiger partial charge is 0.348 e. The summed E-state index contributed by atoms with van der Waals surface area (Å²) in [5.41, 5.74) is 6.05. The van der Waals surface area contributed by atoms with Crippen LogP contribution in [0.1, 0.15) is 18.5 Å². The van der Waals surface area contributed by atoms with Gasteiger partial charge in [-0.25, -0.2) is 0 Å². The number of carbonyl (C=O) groups is 2. The molecule has 0 saturated heterocycles. The summed E-state index contributed by atoms with van der Waals surface area (Å²) in [4.78, 5) is 22.4. The molecule has 1 atom stereocenters. The summed E-state index contributed by atoms with van der Waals surface area (Å²) < 4.78 is 0. The highest BCUT2D eigenvalue weighted by Gasteiger charge is 2.09. The van der Waals surface area contributed by atoms with Crippen molar-refractivity contribution in [2.45, 2.75) is 13.0 Å². The number of nitrogens with two attached hydrogens (primary N) is 1. The summed E-state index contributed by atoms with van der Waals surface area (Å²) in [6, 6.07) is 7.05. The predicted octanol–water partition coefficient (Wildman–Crippen LogP) is 0.592. The second-order valence-electron chi connectivity index (χ2n) is 3.82. The van der Waals surface area contributed by atoms with Crippen LogP contribution >= 0.6 is 11.6 Å². The average molecular weight is 270 g/mol. The van der Waals surface area contributed by atoms with Gasteiger partial charge in [-0.1, -0.05) is 23.7 Å². The van der Waals surface area contributed by atoms with E-state index in [9.17, 15) is 9.59 Å². The summed E-state index contributed by atoms with van der Waals surface area (Å²) in [5, 5.41) is 5.80. The normalized spacial score (nSPS) is 11.7. The third-order valence-electron chi connectivity index (χ3n) is 2.38. The number of rotatable bonds is 5. The highest BCUT2D eigenvalue weighted by atomic mass is 35.5. The Morgan fingerprint density at radius 1 is 1.28 bits per heavy atom. The van der Waals surface area contributed by atoms with Crippen molar-refractivity contribution in [3.8, 4) is 0 Å². The number of hydrogen-bond acceptors (Lipinski definition) is 3. The molecule has 0 bridgehead atoms. The van der Waals surface area contributed by atoms with E-state index >= 15 is 0 Å². The molecule has 4 N–H and O–H groups in total. The average Bonchev–Trinajstić information content (AvgIpc) is 2.36. The van der Waals surface area contributed by atoms with E-state index in [1.807, 2.05) is 19.1 Å². The maximum Gasteiger partial charge on any atom is 0.239 e. The Balaban J connectivity index is 2.44. The molecule has 1 aromatic carbocycles. The van der Waals surface area contributed by atoms with Gasteiger partial charge in [-0.2, -0.15) is 0 Å². The van der Waals surface area contributed by atoms with Crippen LogP contribution < -0.4 is 16.4 Å². The third-order valence-corrected chi connectivity index (χ3v) is 2.63. The molecule has 98 valence electrons. The topological polar surface area (TPSA) is 84.2 Å². The Hall–Kier alpha value is -1.59. The molecule has 0 spiro atoms. The molecule has 0 radical (unpaired) electrons. The summed E-state index contributed by atoms with van der Waals surface area (Å²) in [6.07, 6.45) is 0. The van der Waals surface area contributed by atoms with Gasteiger partial charge in [0.15, 0.2) is 0 Å². The fraction of sp³-hybridized carbons (Fsp3) is 0.333. The molecule has 0 unspecified atom stereocenters. The van der Waals surface area contributed by atoms with E-state index in [0.29, 0.717) is 5.02 Å². The van der Waals surface area contributed by atoms with E-state index in [1.54, 1.807) is 12.1 Å². The van der Waals surface area contributed by atoms with E-state index in [2.05, 4.69) is 10.6 Å². The second-order valence-corrected chi connectivity index (χ2v) is 4.26. The molecular weight excluding hydrogens is 254 g/mol. The lowest BCUT2D eigenvalue weighted by atomic mass is 10.1. The zero-order valence-corrected chi connectivity index (χ0v) is 10.8. The predicted molar refractivity (Wildman–Crippen MR) is 70.1 cm³/mol. The van der Waals surface area contributed by atoms with Gasteiger partial charge in [0, 0.05) is 5.02 Å². The maximum absolute atomic E-state index is 11.5. The summed E-state index contributed by atoms with van der Waals surface area (Å²) in [5.74, 6) is -0.622. The standard InChI is InChI=1S/C12H16ClN3O2/c1-8(9-2-4-10(13)5-3-9)16-12(18)7-15-11(17)6-14/h2-5,8H,6-7,14H2,1H3,(H,15,17)(H,16,18)/t8-/m1/s1. The van der Waals surface area contributed by atoms with Gasteiger partial charge in [0.1, 0.15) is 0 Å². The quantitative estimate of drug-likeness (QED) is 0.732. The van der Waals surface area contributed by atoms with Crippen LogP contribution in [0.25, 0.3) is 0 Å². The minimum atomic E-state index is -0.357. The number of nitrogens with one attached hydrogen (secondary N) is 2. The van der Waals surface area contributed by atoms with Gasteiger partial charge in [-0.3, -0.25) is 9.59 Å². The van der Waals surface area contributed by atoms with Crippen molar-refractivity contribution in [3.05, 3.63) is 34.9 Å². The monoisotopic (exact) mass is 269 g/mol. The Morgan fingerprint density at radius 3 is 2.44 bits per heavy atom. The molecule has 0 aliphatic rings. The van der Waals surface area contributed by atoms with Crippen LogP contribution in [-0.2, 0) is 9.59 Å². The smallest absolute Gasteiger partial charge is 0.239 e. The van der Waals surface area contributed by atoms with Crippen LogP contribution in [0.15, 0.2) is 24.3 Å². The first-order valence-electron chi connectivity index (χ1n) is 5.54.